The first-order valence-electron chi connectivity index (χ1n) is 34.9. The largest absolute Gasteiger partial charge is 0.472 e. The minimum absolute atomic E-state index is 0.104. The molecule has 0 heterocycles. The van der Waals surface area contributed by atoms with Crippen LogP contribution in [0.1, 0.15) is 290 Å². The van der Waals surface area contributed by atoms with Crippen LogP contribution in [0.15, 0.2) is 85.1 Å². The Kier molecular flexibility index (Phi) is 62.4. The van der Waals surface area contributed by atoms with Gasteiger partial charge in [0.2, 0.25) is 0 Å². The van der Waals surface area contributed by atoms with Crippen LogP contribution in [0.2, 0.25) is 0 Å². The minimum Gasteiger partial charge on any atom is -0.463 e. The summed E-state index contributed by atoms with van der Waals surface area (Å²) in [5.74, 6) is -1.59. The Balaban J connectivity index is 4.53. The highest BCUT2D eigenvalue weighted by atomic mass is 31.2. The lowest BCUT2D eigenvalue weighted by molar-refractivity contribution is -0.161. The van der Waals surface area contributed by atoms with Gasteiger partial charge in [0.25, 0.3) is 0 Å². The maximum atomic E-state index is 12.9. The Bertz CT molecular complexity index is 1970. The molecule has 5 atom stereocenters. The van der Waals surface area contributed by atoms with Crippen molar-refractivity contribution in [2.45, 2.75) is 309 Å². The van der Waals surface area contributed by atoms with E-state index in [1.54, 1.807) is 0 Å². The van der Waals surface area contributed by atoms with Gasteiger partial charge in [0.15, 0.2) is 6.10 Å². The van der Waals surface area contributed by atoms with E-state index < -0.39 is 91.5 Å². The standard InChI is InChI=1S/C71H126O16P2/c1-4-7-10-13-16-19-22-25-27-28-29-30-31-32-33-34-35-36-38-41-42-45-48-51-54-57-69(74)81-60-66(72)61-83-88(77,78)84-62-67(73)63-85-89(79,80)86-65-68(87-71(76)59-56-53-50-47-44-39-24-21-18-15-12-9-6-3)64-82-70(75)58-55-52-49-46-43-40-37-26-23-20-17-14-11-8-5-2/h8,11,16-17,19-20,25-27,29-30,32-33,37,66-68,72-73H,4-7,9-10,12-15,18,21-24,28,31,34-36,38-65H2,1-3H3,(H,77,78)(H,79,80)/b11-8-,19-16-,20-17-,27-25-,30-29-,33-32-,37-26-. The molecule has 516 valence electrons. The zero-order valence-corrected chi connectivity index (χ0v) is 57.6. The summed E-state index contributed by atoms with van der Waals surface area (Å²) in [7, 11) is -9.77. The van der Waals surface area contributed by atoms with Crippen LogP contribution in [0.4, 0.5) is 0 Å². The Hall–Kier alpha value is -3.27. The zero-order chi connectivity index (χ0) is 65.3. The summed E-state index contributed by atoms with van der Waals surface area (Å²) in [4.78, 5) is 58.3. The van der Waals surface area contributed by atoms with Crippen LogP contribution in [0.3, 0.4) is 0 Å². The first-order chi connectivity index (χ1) is 43.2. The Morgan fingerprint density at radius 2 is 0.596 bits per heavy atom. The van der Waals surface area contributed by atoms with Crippen LogP contribution in [-0.4, -0.2) is 95.9 Å². The van der Waals surface area contributed by atoms with Crippen molar-refractivity contribution in [3.63, 3.8) is 0 Å². The molecule has 5 unspecified atom stereocenters. The number of rotatable bonds is 66. The molecular weight excluding hydrogens is 1170 g/mol. The number of carbonyl (C=O) groups excluding carboxylic acids is 3. The molecule has 89 heavy (non-hydrogen) atoms. The van der Waals surface area contributed by atoms with E-state index in [0.717, 1.165) is 128 Å². The lowest BCUT2D eigenvalue weighted by Gasteiger charge is -2.21. The third-order valence-electron chi connectivity index (χ3n) is 14.6. The molecule has 16 nitrogen and oxygen atoms in total. The number of phosphoric acid groups is 2. The average molecular weight is 1300 g/mol. The Morgan fingerprint density at radius 1 is 0.326 bits per heavy atom. The Labute approximate surface area is 540 Å². The molecule has 0 saturated heterocycles. The van der Waals surface area contributed by atoms with Gasteiger partial charge >= 0.3 is 33.6 Å². The summed E-state index contributed by atoms with van der Waals surface area (Å²) in [5.41, 5.74) is 0. The molecule has 0 aromatic heterocycles. The van der Waals surface area contributed by atoms with Gasteiger partial charge in [-0.25, -0.2) is 9.13 Å². The normalized spacial score (nSPS) is 14.7. The van der Waals surface area contributed by atoms with E-state index in [9.17, 15) is 43.5 Å². The quantitative estimate of drug-likeness (QED) is 0.0146. The van der Waals surface area contributed by atoms with Crippen molar-refractivity contribution in [3.8, 4) is 0 Å². The summed E-state index contributed by atoms with van der Waals surface area (Å²) in [6, 6.07) is 0. The van der Waals surface area contributed by atoms with Gasteiger partial charge in [0.1, 0.15) is 25.4 Å². The average Bonchev–Trinajstić information content (AvgIpc) is 3.62. The second-order valence-electron chi connectivity index (χ2n) is 23.3. The lowest BCUT2D eigenvalue weighted by Crippen LogP contribution is -2.30. The predicted octanol–water partition coefficient (Wildman–Crippen LogP) is 19.3. The Morgan fingerprint density at radius 3 is 0.966 bits per heavy atom. The predicted molar refractivity (Wildman–Crippen MR) is 362 cm³/mol. The highest BCUT2D eigenvalue weighted by molar-refractivity contribution is 7.47. The smallest absolute Gasteiger partial charge is 0.463 e. The molecule has 0 aromatic carbocycles. The molecule has 0 spiro atoms. The number of allylic oxidation sites excluding steroid dienone is 14. The number of aliphatic hydroxyl groups is 2. The van der Waals surface area contributed by atoms with Crippen molar-refractivity contribution in [2.75, 3.05) is 39.6 Å². The van der Waals surface area contributed by atoms with Gasteiger partial charge in [-0.05, 0) is 96.3 Å². The summed E-state index contributed by atoms with van der Waals surface area (Å²) in [6.07, 6.45) is 69.2. The van der Waals surface area contributed by atoms with Gasteiger partial charge < -0.3 is 34.2 Å². The van der Waals surface area contributed by atoms with E-state index in [1.807, 2.05) is 0 Å². The lowest BCUT2D eigenvalue weighted by atomic mass is 10.0. The van der Waals surface area contributed by atoms with E-state index in [-0.39, 0.29) is 19.3 Å². The second-order valence-corrected chi connectivity index (χ2v) is 26.2. The minimum atomic E-state index is -4.92. The number of esters is 3. The number of hydrogen-bond acceptors (Lipinski definition) is 14. The van der Waals surface area contributed by atoms with Crippen LogP contribution < -0.4 is 0 Å². The topological polar surface area (TPSA) is 231 Å². The summed E-state index contributed by atoms with van der Waals surface area (Å²) in [6.45, 7) is 2.52. The molecule has 0 aliphatic rings. The van der Waals surface area contributed by atoms with Crippen molar-refractivity contribution < 1.29 is 75.8 Å². The van der Waals surface area contributed by atoms with E-state index in [2.05, 4.69) is 106 Å². The van der Waals surface area contributed by atoms with E-state index in [1.165, 1.54) is 103 Å². The molecule has 0 amide bonds. The van der Waals surface area contributed by atoms with Gasteiger partial charge in [0, 0.05) is 19.3 Å². The molecule has 0 rings (SSSR count). The molecule has 0 bridgehead atoms. The second kappa shape index (κ2) is 64.8. The number of carbonyl (C=O) groups is 3. The SMILES string of the molecule is CC/C=C\C/C=C\C/C=C\CCCCCCCC(=O)OCC(COP(=O)(O)OCC(O)COP(=O)(O)OCC(O)COC(=O)CCCCCCCCCCC/C=C\C/C=C\C/C=C\C/C=C\CCCCC)OC(=O)CCCCCCCCCCCCCCC. The van der Waals surface area contributed by atoms with Gasteiger partial charge in [0.05, 0.1) is 26.4 Å². The van der Waals surface area contributed by atoms with Crippen molar-refractivity contribution in [3.05, 3.63) is 85.1 Å². The fraction of sp³-hybridized carbons (Fsp3) is 0.761. The van der Waals surface area contributed by atoms with Crippen molar-refractivity contribution in [2.24, 2.45) is 0 Å². The number of phosphoric ester groups is 2. The fourth-order valence-corrected chi connectivity index (χ4v) is 10.9. The molecular formula is C71H126O16P2. The molecule has 0 aromatic rings. The first kappa shape index (κ1) is 85.7. The summed E-state index contributed by atoms with van der Waals surface area (Å²) < 4.78 is 60.9. The first-order valence-corrected chi connectivity index (χ1v) is 37.9. The van der Waals surface area contributed by atoms with E-state index in [0.29, 0.717) is 19.3 Å². The third kappa shape index (κ3) is 66.0. The van der Waals surface area contributed by atoms with Gasteiger partial charge in [-0.2, -0.15) is 0 Å². The van der Waals surface area contributed by atoms with Crippen molar-refractivity contribution in [1.82, 2.24) is 0 Å². The van der Waals surface area contributed by atoms with Crippen molar-refractivity contribution in [1.29, 1.82) is 0 Å². The van der Waals surface area contributed by atoms with Crippen LogP contribution in [0, 0.1) is 0 Å². The van der Waals surface area contributed by atoms with E-state index in [4.69, 9.17) is 32.3 Å². The highest BCUT2D eigenvalue weighted by Gasteiger charge is 2.29. The van der Waals surface area contributed by atoms with Gasteiger partial charge in [-0.3, -0.25) is 32.5 Å². The molecule has 0 fully saturated rings. The molecule has 18 heteroatoms. The van der Waals surface area contributed by atoms with E-state index >= 15 is 0 Å². The fourth-order valence-electron chi connectivity index (χ4n) is 9.27. The monoisotopic (exact) mass is 1300 g/mol. The number of unbranched alkanes of at least 4 members (excludes halogenated alkanes) is 29. The molecule has 4 N–H and O–H groups in total. The zero-order valence-electron chi connectivity index (χ0n) is 55.8. The number of aliphatic hydroxyl groups excluding tert-OH is 2. The van der Waals surface area contributed by atoms with Crippen LogP contribution in [-0.2, 0) is 55.8 Å². The van der Waals surface area contributed by atoms with Crippen LogP contribution in [0.5, 0.6) is 0 Å². The summed E-state index contributed by atoms with van der Waals surface area (Å²) >= 11 is 0. The number of hydrogen-bond donors (Lipinski definition) is 4. The maximum Gasteiger partial charge on any atom is 0.472 e. The van der Waals surface area contributed by atoms with Gasteiger partial charge in [-0.15, -0.1) is 0 Å². The molecule has 0 saturated carbocycles. The molecule has 0 radical (unpaired) electrons. The summed E-state index contributed by atoms with van der Waals surface area (Å²) in [5, 5.41) is 20.5. The highest BCUT2D eigenvalue weighted by Crippen LogP contribution is 2.45. The van der Waals surface area contributed by atoms with Gasteiger partial charge in [-0.1, -0.05) is 260 Å². The maximum absolute atomic E-state index is 12.9. The molecule has 0 aliphatic heterocycles. The number of ether oxygens (including phenoxy) is 3. The third-order valence-corrected chi connectivity index (χ3v) is 16.5. The van der Waals surface area contributed by atoms with Crippen molar-refractivity contribution >= 4 is 33.6 Å². The van der Waals surface area contributed by atoms with Crippen LogP contribution in [0.25, 0.3) is 0 Å². The van der Waals surface area contributed by atoms with Crippen LogP contribution >= 0.6 is 15.6 Å². The molecule has 0 aliphatic carbocycles.